The van der Waals surface area contributed by atoms with Crippen molar-refractivity contribution < 1.29 is 22.8 Å². The number of rotatable bonds is 3. The lowest BCUT2D eigenvalue weighted by Crippen LogP contribution is -2.15. The highest BCUT2D eigenvalue weighted by molar-refractivity contribution is 4.98. The lowest BCUT2D eigenvalue weighted by atomic mass is 10.0. The molecule has 1 rings (SSSR count). The molecule has 1 N–H and O–H groups in total. The summed E-state index contributed by atoms with van der Waals surface area (Å²) in [6, 6.07) is 0. The van der Waals surface area contributed by atoms with Gasteiger partial charge in [0.2, 0.25) is 5.89 Å². The summed E-state index contributed by atoms with van der Waals surface area (Å²) in [5.74, 6) is -2.05. The van der Waals surface area contributed by atoms with E-state index in [0.717, 1.165) is 0 Å². The molecule has 0 radical (unpaired) electrons. The van der Waals surface area contributed by atoms with Gasteiger partial charge in [-0.1, -0.05) is 12.1 Å². The van der Waals surface area contributed by atoms with Crippen LogP contribution in [0.15, 0.2) is 4.52 Å². The van der Waals surface area contributed by atoms with Crippen molar-refractivity contribution in [2.75, 3.05) is 0 Å². The first-order valence-corrected chi connectivity index (χ1v) is 4.45. The van der Waals surface area contributed by atoms with E-state index in [1.165, 1.54) is 6.92 Å². The van der Waals surface area contributed by atoms with Gasteiger partial charge in [0.15, 0.2) is 0 Å². The van der Waals surface area contributed by atoms with Crippen LogP contribution in [0.4, 0.5) is 13.2 Å². The third kappa shape index (κ3) is 2.68. The lowest BCUT2D eigenvalue weighted by molar-refractivity contribution is -0.146. The fourth-order valence-corrected chi connectivity index (χ4v) is 1.22. The zero-order valence-corrected chi connectivity index (χ0v) is 8.25. The van der Waals surface area contributed by atoms with Gasteiger partial charge in [0.1, 0.15) is 0 Å². The molecule has 0 saturated carbocycles. The molecular formula is C8H11F3N2O2. The minimum atomic E-state index is -4.61. The molecule has 7 heteroatoms. The maximum Gasteiger partial charge on any atom is 0.455 e. The van der Waals surface area contributed by atoms with Crippen molar-refractivity contribution in [2.45, 2.75) is 38.5 Å². The highest BCUT2D eigenvalue weighted by Gasteiger charge is 2.38. The lowest BCUT2D eigenvalue weighted by Gasteiger charge is -2.12. The standard InChI is InChI=1S/C8H11F3N2O2/c1-3-5(4(2)14)6-12-7(13-15-6)8(9,10)11/h4-5,14H,3H2,1-2H3. The zero-order chi connectivity index (χ0) is 11.6. The quantitative estimate of drug-likeness (QED) is 0.852. The van der Waals surface area contributed by atoms with Gasteiger partial charge in [0.05, 0.1) is 12.0 Å². The van der Waals surface area contributed by atoms with Crippen molar-refractivity contribution in [1.29, 1.82) is 0 Å². The molecule has 0 fully saturated rings. The Labute approximate surface area is 84.1 Å². The Kier molecular flexibility index (Phi) is 3.33. The second-order valence-corrected chi connectivity index (χ2v) is 3.21. The molecule has 0 aliphatic heterocycles. The monoisotopic (exact) mass is 224 g/mol. The number of aliphatic hydroxyl groups is 1. The molecule has 0 saturated heterocycles. The summed E-state index contributed by atoms with van der Waals surface area (Å²) in [6.07, 6.45) is -5.01. The number of hydrogen-bond acceptors (Lipinski definition) is 4. The fraction of sp³-hybridized carbons (Fsp3) is 0.750. The third-order valence-electron chi connectivity index (χ3n) is 2.03. The van der Waals surface area contributed by atoms with Gasteiger partial charge in [-0.3, -0.25) is 0 Å². The van der Waals surface area contributed by atoms with Gasteiger partial charge in [-0.2, -0.15) is 18.2 Å². The van der Waals surface area contributed by atoms with E-state index in [-0.39, 0.29) is 5.89 Å². The minimum absolute atomic E-state index is 0.181. The first-order valence-electron chi connectivity index (χ1n) is 4.45. The number of aromatic nitrogens is 2. The van der Waals surface area contributed by atoms with Crippen LogP contribution in [-0.4, -0.2) is 21.4 Å². The van der Waals surface area contributed by atoms with Gasteiger partial charge in [-0.15, -0.1) is 0 Å². The van der Waals surface area contributed by atoms with Crippen molar-refractivity contribution in [3.05, 3.63) is 11.7 Å². The van der Waals surface area contributed by atoms with Crippen molar-refractivity contribution in [2.24, 2.45) is 0 Å². The normalized spacial score (nSPS) is 16.4. The molecule has 86 valence electrons. The Hall–Kier alpha value is -1.11. The summed E-state index contributed by atoms with van der Waals surface area (Å²) >= 11 is 0. The average molecular weight is 224 g/mol. The van der Waals surface area contributed by atoms with Crippen LogP contribution in [0, 0.1) is 0 Å². The Morgan fingerprint density at radius 3 is 2.40 bits per heavy atom. The largest absolute Gasteiger partial charge is 0.455 e. The Balaban J connectivity index is 2.92. The summed E-state index contributed by atoms with van der Waals surface area (Å²) < 4.78 is 40.8. The molecule has 2 atom stereocenters. The summed E-state index contributed by atoms with van der Waals surface area (Å²) in [6.45, 7) is 3.18. The van der Waals surface area contributed by atoms with Crippen LogP contribution in [0.5, 0.6) is 0 Å². The van der Waals surface area contributed by atoms with Crippen LogP contribution in [0.3, 0.4) is 0 Å². The van der Waals surface area contributed by atoms with E-state index in [0.29, 0.717) is 6.42 Å². The van der Waals surface area contributed by atoms with Crippen molar-refractivity contribution in [1.82, 2.24) is 10.1 Å². The highest BCUT2D eigenvalue weighted by Crippen LogP contribution is 2.29. The van der Waals surface area contributed by atoms with Crippen LogP contribution < -0.4 is 0 Å². The van der Waals surface area contributed by atoms with Crippen LogP contribution in [-0.2, 0) is 6.18 Å². The first-order chi connectivity index (χ1) is 6.86. The van der Waals surface area contributed by atoms with Crippen LogP contribution in [0.1, 0.15) is 37.9 Å². The number of halogens is 3. The molecule has 0 amide bonds. The summed E-state index contributed by atoms with van der Waals surface area (Å²) in [5, 5.41) is 12.1. The third-order valence-corrected chi connectivity index (χ3v) is 2.03. The van der Waals surface area contributed by atoms with Gasteiger partial charge < -0.3 is 9.63 Å². The second kappa shape index (κ2) is 4.18. The average Bonchev–Trinajstić information content (AvgIpc) is 2.52. The maximum atomic E-state index is 12.1. The van der Waals surface area contributed by atoms with E-state index in [1.54, 1.807) is 6.92 Å². The summed E-state index contributed by atoms with van der Waals surface area (Å²) in [4.78, 5) is 3.21. The van der Waals surface area contributed by atoms with Crippen LogP contribution in [0.25, 0.3) is 0 Å². The minimum Gasteiger partial charge on any atom is -0.393 e. The maximum absolute atomic E-state index is 12.1. The van der Waals surface area contributed by atoms with E-state index in [4.69, 9.17) is 0 Å². The van der Waals surface area contributed by atoms with Gasteiger partial charge in [0, 0.05) is 0 Å². The molecule has 1 heterocycles. The van der Waals surface area contributed by atoms with E-state index >= 15 is 0 Å². The van der Waals surface area contributed by atoms with E-state index in [9.17, 15) is 18.3 Å². The molecule has 2 unspecified atom stereocenters. The predicted molar refractivity (Wildman–Crippen MR) is 44.0 cm³/mol. The van der Waals surface area contributed by atoms with Crippen LogP contribution >= 0.6 is 0 Å². The zero-order valence-electron chi connectivity index (χ0n) is 8.25. The van der Waals surface area contributed by atoms with E-state index in [1.807, 2.05) is 0 Å². The van der Waals surface area contributed by atoms with Crippen molar-refractivity contribution in [3.63, 3.8) is 0 Å². The molecule has 0 aliphatic carbocycles. The number of aliphatic hydroxyl groups excluding tert-OH is 1. The van der Waals surface area contributed by atoms with E-state index < -0.39 is 24.0 Å². The molecule has 4 nitrogen and oxygen atoms in total. The van der Waals surface area contributed by atoms with E-state index in [2.05, 4.69) is 14.7 Å². The topological polar surface area (TPSA) is 59.2 Å². The predicted octanol–water partition coefficient (Wildman–Crippen LogP) is 1.96. The highest BCUT2D eigenvalue weighted by atomic mass is 19.4. The fourth-order valence-electron chi connectivity index (χ4n) is 1.22. The Bertz CT molecular complexity index is 322. The second-order valence-electron chi connectivity index (χ2n) is 3.21. The van der Waals surface area contributed by atoms with Gasteiger partial charge in [0.25, 0.3) is 5.82 Å². The molecule has 15 heavy (non-hydrogen) atoms. The summed E-state index contributed by atoms with van der Waals surface area (Å²) in [7, 11) is 0. The smallest absolute Gasteiger partial charge is 0.393 e. The van der Waals surface area contributed by atoms with Crippen molar-refractivity contribution in [3.8, 4) is 0 Å². The molecule has 0 aromatic carbocycles. The number of nitrogens with zero attached hydrogens (tertiary/aromatic N) is 2. The number of alkyl halides is 3. The van der Waals surface area contributed by atoms with Crippen LogP contribution in [0.2, 0.25) is 0 Å². The molecule has 0 aliphatic rings. The molecule has 1 aromatic heterocycles. The summed E-state index contributed by atoms with van der Waals surface area (Å²) in [5.41, 5.74) is 0. The molecular weight excluding hydrogens is 213 g/mol. The number of hydrogen-bond donors (Lipinski definition) is 1. The molecule has 0 bridgehead atoms. The van der Waals surface area contributed by atoms with Crippen molar-refractivity contribution >= 4 is 0 Å². The first kappa shape index (κ1) is 12.0. The van der Waals surface area contributed by atoms with Gasteiger partial charge in [-0.25, -0.2) is 0 Å². The molecule has 1 aromatic rings. The SMILES string of the molecule is CCC(c1nc(C(F)(F)F)no1)C(C)O. The molecule has 0 spiro atoms. The Morgan fingerprint density at radius 2 is 2.07 bits per heavy atom. The Morgan fingerprint density at radius 1 is 1.47 bits per heavy atom. The van der Waals surface area contributed by atoms with Gasteiger partial charge >= 0.3 is 6.18 Å². The van der Waals surface area contributed by atoms with Gasteiger partial charge in [-0.05, 0) is 13.3 Å².